The van der Waals surface area contributed by atoms with E-state index in [9.17, 15) is 0 Å². The van der Waals surface area contributed by atoms with Gasteiger partial charge in [0.1, 0.15) is 0 Å². The maximum absolute atomic E-state index is 5.67. The van der Waals surface area contributed by atoms with Crippen molar-refractivity contribution in [1.82, 2.24) is 0 Å². The van der Waals surface area contributed by atoms with E-state index >= 15 is 0 Å². The average molecular weight is 162 g/mol. The fourth-order valence-electron chi connectivity index (χ4n) is 0.573. The van der Waals surface area contributed by atoms with Crippen LogP contribution in [0.2, 0.25) is 4.34 Å². The van der Waals surface area contributed by atoms with E-state index in [1.54, 1.807) is 0 Å². The van der Waals surface area contributed by atoms with Crippen LogP contribution in [0.25, 0.3) is 0 Å². The molecule has 0 aliphatic rings. The van der Waals surface area contributed by atoms with Crippen molar-refractivity contribution in [3.8, 4) is 0 Å². The highest BCUT2D eigenvalue weighted by molar-refractivity contribution is 7.16. The minimum Gasteiger partial charge on any atom is -0.324 e. The molecule has 0 unspecified atom stereocenters. The number of nitrogens with two attached hydrogens (primary N) is 1. The molecule has 1 nitrogen and oxygen atoms in total. The molecule has 0 bridgehead atoms. The van der Waals surface area contributed by atoms with Crippen molar-refractivity contribution in [3.63, 3.8) is 0 Å². The third kappa shape index (κ3) is 1.68. The van der Waals surface area contributed by atoms with Crippen LogP contribution in [0.3, 0.4) is 0 Å². The first-order chi connectivity index (χ1) is 4.20. The fourth-order valence-corrected chi connectivity index (χ4v) is 1.59. The van der Waals surface area contributed by atoms with Crippen LogP contribution in [0.1, 0.15) is 17.8 Å². The van der Waals surface area contributed by atoms with E-state index in [4.69, 9.17) is 17.3 Å². The zero-order chi connectivity index (χ0) is 6.85. The van der Waals surface area contributed by atoms with Gasteiger partial charge in [-0.25, -0.2) is 0 Å². The Kier molecular flexibility index (Phi) is 2.11. The van der Waals surface area contributed by atoms with Crippen molar-refractivity contribution >= 4 is 22.9 Å². The Hall–Kier alpha value is -0.0500. The Morgan fingerprint density at radius 3 is 2.56 bits per heavy atom. The Balaban J connectivity index is 2.85. The minimum atomic E-state index is 0.113. The van der Waals surface area contributed by atoms with Gasteiger partial charge in [0, 0.05) is 10.9 Å². The van der Waals surface area contributed by atoms with Gasteiger partial charge in [0.05, 0.1) is 4.34 Å². The summed E-state index contributed by atoms with van der Waals surface area (Å²) in [5.41, 5.74) is 5.58. The summed E-state index contributed by atoms with van der Waals surface area (Å²) >= 11 is 7.20. The molecular formula is C6H8ClNS. The molecule has 0 aromatic carbocycles. The quantitative estimate of drug-likeness (QED) is 0.673. The lowest BCUT2D eigenvalue weighted by atomic mass is 10.3. The average Bonchev–Trinajstić information content (AvgIpc) is 2.14. The number of rotatable bonds is 1. The molecule has 1 aromatic heterocycles. The zero-order valence-electron chi connectivity index (χ0n) is 5.10. The smallest absolute Gasteiger partial charge is 0.0931 e. The van der Waals surface area contributed by atoms with Gasteiger partial charge in [-0.15, -0.1) is 11.3 Å². The molecule has 0 fully saturated rings. The summed E-state index contributed by atoms with van der Waals surface area (Å²) in [6.07, 6.45) is 0. The van der Waals surface area contributed by atoms with Crippen molar-refractivity contribution < 1.29 is 0 Å². The first kappa shape index (κ1) is 7.06. The molecule has 9 heavy (non-hydrogen) atoms. The van der Waals surface area contributed by atoms with Gasteiger partial charge >= 0.3 is 0 Å². The van der Waals surface area contributed by atoms with E-state index in [1.807, 2.05) is 19.1 Å². The number of thiophene rings is 1. The summed E-state index contributed by atoms with van der Waals surface area (Å²) in [4.78, 5) is 1.14. The van der Waals surface area contributed by atoms with E-state index in [1.165, 1.54) is 11.3 Å². The van der Waals surface area contributed by atoms with Gasteiger partial charge in [-0.3, -0.25) is 0 Å². The molecule has 0 radical (unpaired) electrons. The third-order valence-corrected chi connectivity index (χ3v) is 2.47. The Labute approximate surface area is 63.4 Å². The standard InChI is InChI=1S/C6H8ClNS/c1-4(8)5-2-3-6(7)9-5/h2-4H,8H2,1H3/t4-/m1/s1. The highest BCUT2D eigenvalue weighted by atomic mass is 35.5. The normalized spacial score (nSPS) is 13.7. The SMILES string of the molecule is C[C@@H](N)c1ccc(Cl)s1. The summed E-state index contributed by atoms with van der Waals surface area (Å²) in [7, 11) is 0. The van der Waals surface area contributed by atoms with Gasteiger partial charge in [-0.1, -0.05) is 11.6 Å². The maximum Gasteiger partial charge on any atom is 0.0931 e. The van der Waals surface area contributed by atoms with Gasteiger partial charge in [0.25, 0.3) is 0 Å². The first-order valence-corrected chi connectivity index (χ1v) is 3.90. The molecule has 1 rings (SSSR count). The molecule has 0 amide bonds. The summed E-state index contributed by atoms with van der Waals surface area (Å²) in [5.74, 6) is 0. The van der Waals surface area contributed by atoms with Crippen LogP contribution in [-0.4, -0.2) is 0 Å². The highest BCUT2D eigenvalue weighted by Crippen LogP contribution is 2.24. The predicted molar refractivity (Wildman–Crippen MR) is 41.9 cm³/mol. The van der Waals surface area contributed by atoms with Crippen molar-refractivity contribution in [2.45, 2.75) is 13.0 Å². The first-order valence-electron chi connectivity index (χ1n) is 2.71. The van der Waals surface area contributed by atoms with E-state index in [0.29, 0.717) is 0 Å². The van der Waals surface area contributed by atoms with E-state index < -0.39 is 0 Å². The molecule has 0 spiro atoms. The predicted octanol–water partition coefficient (Wildman–Crippen LogP) is 2.42. The largest absolute Gasteiger partial charge is 0.324 e. The topological polar surface area (TPSA) is 26.0 Å². The van der Waals surface area contributed by atoms with E-state index in [-0.39, 0.29) is 6.04 Å². The number of halogens is 1. The molecule has 1 heterocycles. The second-order valence-electron chi connectivity index (χ2n) is 1.93. The highest BCUT2D eigenvalue weighted by Gasteiger charge is 2.00. The summed E-state index contributed by atoms with van der Waals surface area (Å²) in [6, 6.07) is 3.94. The lowest BCUT2D eigenvalue weighted by Crippen LogP contribution is -2.01. The zero-order valence-corrected chi connectivity index (χ0v) is 6.67. The Morgan fingerprint density at radius 2 is 2.33 bits per heavy atom. The van der Waals surface area contributed by atoms with Crippen LogP contribution in [0.4, 0.5) is 0 Å². The van der Waals surface area contributed by atoms with Crippen molar-refractivity contribution in [2.24, 2.45) is 5.73 Å². The second kappa shape index (κ2) is 2.69. The molecule has 50 valence electrons. The number of hydrogen-bond donors (Lipinski definition) is 1. The molecule has 0 aliphatic heterocycles. The van der Waals surface area contributed by atoms with Crippen LogP contribution in [-0.2, 0) is 0 Å². The molecule has 1 atom stereocenters. The van der Waals surface area contributed by atoms with Gasteiger partial charge in [-0.05, 0) is 19.1 Å². The van der Waals surface area contributed by atoms with Crippen LogP contribution in [0, 0.1) is 0 Å². The second-order valence-corrected chi connectivity index (χ2v) is 3.68. The lowest BCUT2D eigenvalue weighted by molar-refractivity contribution is 0.838. The van der Waals surface area contributed by atoms with E-state index in [2.05, 4.69) is 0 Å². The third-order valence-electron chi connectivity index (χ3n) is 1.04. The van der Waals surface area contributed by atoms with Gasteiger partial charge in [0.2, 0.25) is 0 Å². The molecule has 1 aromatic rings. The molecule has 0 aliphatic carbocycles. The molecule has 0 saturated carbocycles. The maximum atomic E-state index is 5.67. The molecule has 0 saturated heterocycles. The van der Waals surface area contributed by atoms with Crippen LogP contribution < -0.4 is 5.73 Å². The van der Waals surface area contributed by atoms with E-state index in [0.717, 1.165) is 9.21 Å². The van der Waals surface area contributed by atoms with Gasteiger partial charge in [-0.2, -0.15) is 0 Å². The van der Waals surface area contributed by atoms with Crippen molar-refractivity contribution in [1.29, 1.82) is 0 Å². The van der Waals surface area contributed by atoms with Crippen molar-refractivity contribution in [3.05, 3.63) is 21.3 Å². The lowest BCUT2D eigenvalue weighted by Gasteiger charge is -1.96. The van der Waals surface area contributed by atoms with Gasteiger partial charge < -0.3 is 5.73 Å². The Morgan fingerprint density at radius 1 is 1.67 bits per heavy atom. The van der Waals surface area contributed by atoms with Crippen LogP contribution >= 0.6 is 22.9 Å². The molecule has 2 N–H and O–H groups in total. The van der Waals surface area contributed by atoms with Crippen molar-refractivity contribution in [2.75, 3.05) is 0 Å². The summed E-state index contributed by atoms with van der Waals surface area (Å²) < 4.78 is 0.808. The number of hydrogen-bond acceptors (Lipinski definition) is 2. The van der Waals surface area contributed by atoms with Crippen LogP contribution in [0.15, 0.2) is 12.1 Å². The Bertz CT molecular complexity index is 195. The molecular weight excluding hydrogens is 154 g/mol. The fraction of sp³-hybridized carbons (Fsp3) is 0.333. The van der Waals surface area contributed by atoms with Crippen LogP contribution in [0.5, 0.6) is 0 Å². The van der Waals surface area contributed by atoms with Gasteiger partial charge in [0.15, 0.2) is 0 Å². The molecule has 3 heteroatoms. The monoisotopic (exact) mass is 161 g/mol. The minimum absolute atomic E-state index is 0.113. The summed E-state index contributed by atoms with van der Waals surface area (Å²) in [5, 5.41) is 0. The summed E-state index contributed by atoms with van der Waals surface area (Å²) in [6.45, 7) is 1.95.